The van der Waals surface area contributed by atoms with Crippen LogP contribution in [0.1, 0.15) is 24.2 Å². The van der Waals surface area contributed by atoms with Gasteiger partial charge in [0.05, 0.1) is 17.7 Å². The maximum Gasteiger partial charge on any atom is 0.256 e. The molecule has 4 nitrogen and oxygen atoms in total. The van der Waals surface area contributed by atoms with E-state index < -0.39 is 5.54 Å². The molecule has 0 aliphatic carbocycles. The number of aliphatic hydroxyl groups excluding tert-OH is 1. The van der Waals surface area contributed by atoms with E-state index in [0.29, 0.717) is 16.3 Å². The van der Waals surface area contributed by atoms with Crippen LogP contribution in [0.25, 0.3) is 0 Å². The number of carbonyl (C=O) groups excluding carboxylic acids is 1. The lowest BCUT2D eigenvalue weighted by atomic mass is 10.0. The minimum absolute atomic E-state index is 0.106. The monoisotopic (exact) mass is 270 g/mol. The highest BCUT2D eigenvalue weighted by atomic mass is 35.5. The predicted octanol–water partition coefficient (Wildman–Crippen LogP) is 2.22. The van der Waals surface area contributed by atoms with Crippen molar-refractivity contribution in [3.63, 3.8) is 0 Å². The lowest BCUT2D eigenvalue weighted by molar-refractivity contribution is 0.0474. The van der Waals surface area contributed by atoms with Crippen molar-refractivity contribution in [1.29, 1.82) is 0 Å². The van der Waals surface area contributed by atoms with Crippen molar-refractivity contribution in [2.45, 2.75) is 19.4 Å². The van der Waals surface area contributed by atoms with Crippen LogP contribution in [0.5, 0.6) is 0 Å². The first kappa shape index (κ1) is 14.8. The van der Waals surface area contributed by atoms with Crippen LogP contribution in [0.15, 0.2) is 18.2 Å². The van der Waals surface area contributed by atoms with Gasteiger partial charge in [0.1, 0.15) is 0 Å². The molecule has 0 unspecified atom stereocenters. The van der Waals surface area contributed by atoms with E-state index in [-0.39, 0.29) is 12.5 Å². The highest BCUT2D eigenvalue weighted by Gasteiger charge is 2.28. The minimum atomic E-state index is -0.621. The Morgan fingerprint density at radius 2 is 2.11 bits per heavy atom. The molecule has 0 heterocycles. The summed E-state index contributed by atoms with van der Waals surface area (Å²) < 4.78 is 0. The first-order chi connectivity index (χ1) is 8.33. The van der Waals surface area contributed by atoms with Gasteiger partial charge in [-0.3, -0.25) is 4.79 Å². The summed E-state index contributed by atoms with van der Waals surface area (Å²) in [5.74, 6) is -0.180. The zero-order chi connectivity index (χ0) is 13.9. The van der Waals surface area contributed by atoms with Crippen molar-refractivity contribution in [2.24, 2.45) is 0 Å². The summed E-state index contributed by atoms with van der Waals surface area (Å²) in [6, 6.07) is 5.11. The Bertz CT molecular complexity index is 447. The Kier molecular flexibility index (Phi) is 4.59. The zero-order valence-electron chi connectivity index (χ0n) is 11.1. The van der Waals surface area contributed by atoms with E-state index in [4.69, 9.17) is 11.6 Å². The minimum Gasteiger partial charge on any atom is -0.394 e. The SMILES string of the molecule is CNc1ccc(Cl)cc1C(=O)N(C)C(C)(C)CO. The molecule has 1 rings (SSSR count). The number of nitrogens with one attached hydrogen (secondary N) is 1. The fourth-order valence-electron chi connectivity index (χ4n) is 1.47. The van der Waals surface area contributed by atoms with E-state index in [1.54, 1.807) is 46.1 Å². The number of likely N-dealkylation sites (N-methyl/N-ethyl adjacent to an activating group) is 1. The second kappa shape index (κ2) is 5.59. The number of rotatable bonds is 4. The van der Waals surface area contributed by atoms with E-state index in [9.17, 15) is 9.90 Å². The van der Waals surface area contributed by atoms with Crippen LogP contribution in [0.3, 0.4) is 0 Å². The maximum absolute atomic E-state index is 12.4. The highest BCUT2D eigenvalue weighted by Crippen LogP contribution is 2.24. The lowest BCUT2D eigenvalue weighted by Crippen LogP contribution is -2.47. The van der Waals surface area contributed by atoms with E-state index in [1.165, 1.54) is 4.90 Å². The Balaban J connectivity index is 3.14. The first-order valence-corrected chi connectivity index (χ1v) is 6.07. The van der Waals surface area contributed by atoms with Gasteiger partial charge in [-0.1, -0.05) is 11.6 Å². The molecule has 0 atom stereocenters. The van der Waals surface area contributed by atoms with Gasteiger partial charge in [-0.15, -0.1) is 0 Å². The molecule has 0 saturated heterocycles. The van der Waals surface area contributed by atoms with Gasteiger partial charge in [-0.2, -0.15) is 0 Å². The van der Waals surface area contributed by atoms with Gasteiger partial charge in [-0.05, 0) is 32.0 Å². The molecule has 0 bridgehead atoms. The van der Waals surface area contributed by atoms with Crippen LogP contribution < -0.4 is 5.32 Å². The summed E-state index contributed by atoms with van der Waals surface area (Å²) >= 11 is 5.92. The quantitative estimate of drug-likeness (QED) is 0.882. The summed E-state index contributed by atoms with van der Waals surface area (Å²) in [5.41, 5.74) is 0.587. The second-order valence-electron chi connectivity index (χ2n) is 4.77. The third-order valence-corrected chi connectivity index (χ3v) is 3.32. The van der Waals surface area contributed by atoms with Crippen LogP contribution in [-0.4, -0.2) is 42.2 Å². The summed E-state index contributed by atoms with van der Waals surface area (Å²) in [7, 11) is 3.41. The molecule has 0 aromatic heterocycles. The first-order valence-electron chi connectivity index (χ1n) is 5.70. The molecule has 0 aliphatic heterocycles. The van der Waals surface area contributed by atoms with Crippen LogP contribution in [0.4, 0.5) is 5.69 Å². The number of hydrogen-bond acceptors (Lipinski definition) is 3. The number of nitrogens with zero attached hydrogens (tertiary/aromatic N) is 1. The van der Waals surface area contributed by atoms with Gasteiger partial charge in [0.2, 0.25) is 0 Å². The standard InChI is InChI=1S/C13H19ClN2O2/c1-13(2,8-17)16(4)12(18)10-7-9(14)5-6-11(10)15-3/h5-7,15,17H,8H2,1-4H3. The van der Waals surface area contributed by atoms with Gasteiger partial charge in [0.25, 0.3) is 5.91 Å². The third-order valence-electron chi connectivity index (χ3n) is 3.08. The largest absolute Gasteiger partial charge is 0.394 e. The summed E-state index contributed by atoms with van der Waals surface area (Å²) in [4.78, 5) is 13.9. The third kappa shape index (κ3) is 2.94. The van der Waals surface area contributed by atoms with Crippen LogP contribution >= 0.6 is 11.6 Å². The molecule has 0 aliphatic rings. The number of benzene rings is 1. The molecule has 2 N–H and O–H groups in total. The summed E-state index contributed by atoms with van der Waals surface area (Å²) in [5, 5.41) is 12.8. The van der Waals surface area contributed by atoms with Crippen molar-refractivity contribution in [1.82, 2.24) is 4.90 Å². The molecule has 0 fully saturated rings. The zero-order valence-corrected chi connectivity index (χ0v) is 11.9. The number of anilines is 1. The van der Waals surface area contributed by atoms with Crippen LogP contribution in [0, 0.1) is 0 Å². The van der Waals surface area contributed by atoms with Crippen molar-refractivity contribution < 1.29 is 9.90 Å². The molecule has 18 heavy (non-hydrogen) atoms. The number of halogens is 1. The van der Waals surface area contributed by atoms with Crippen LogP contribution in [0.2, 0.25) is 5.02 Å². The maximum atomic E-state index is 12.4. The van der Waals surface area contributed by atoms with Gasteiger partial charge in [0, 0.05) is 24.8 Å². The van der Waals surface area contributed by atoms with E-state index >= 15 is 0 Å². The number of aliphatic hydroxyl groups is 1. The Morgan fingerprint density at radius 1 is 1.50 bits per heavy atom. The van der Waals surface area contributed by atoms with Gasteiger partial charge in [-0.25, -0.2) is 0 Å². The topological polar surface area (TPSA) is 52.6 Å². The highest BCUT2D eigenvalue weighted by molar-refractivity contribution is 6.31. The van der Waals surface area contributed by atoms with Crippen LogP contribution in [-0.2, 0) is 0 Å². The molecule has 1 amide bonds. The molecular weight excluding hydrogens is 252 g/mol. The molecular formula is C13H19ClN2O2. The lowest BCUT2D eigenvalue weighted by Gasteiger charge is -2.34. The fourth-order valence-corrected chi connectivity index (χ4v) is 1.65. The molecule has 1 aromatic rings. The van der Waals surface area contributed by atoms with E-state index in [0.717, 1.165) is 0 Å². The smallest absolute Gasteiger partial charge is 0.256 e. The number of hydrogen-bond donors (Lipinski definition) is 2. The predicted molar refractivity (Wildman–Crippen MR) is 74.3 cm³/mol. The normalized spacial score (nSPS) is 11.2. The average Bonchev–Trinajstić information content (AvgIpc) is 2.36. The molecule has 1 aromatic carbocycles. The summed E-state index contributed by atoms with van der Waals surface area (Å²) in [6.07, 6.45) is 0. The van der Waals surface area contributed by atoms with E-state index in [1.807, 2.05) is 0 Å². The summed E-state index contributed by atoms with van der Waals surface area (Å²) in [6.45, 7) is 3.49. The fraction of sp³-hybridized carbons (Fsp3) is 0.462. The Labute approximate surface area is 113 Å². The van der Waals surface area contributed by atoms with E-state index in [2.05, 4.69) is 5.32 Å². The average molecular weight is 271 g/mol. The molecule has 0 radical (unpaired) electrons. The number of carbonyl (C=O) groups is 1. The second-order valence-corrected chi connectivity index (χ2v) is 5.21. The number of amides is 1. The van der Waals surface area contributed by atoms with Crippen molar-refractivity contribution in [3.8, 4) is 0 Å². The Hall–Kier alpha value is -1.26. The Morgan fingerprint density at radius 3 is 2.61 bits per heavy atom. The van der Waals surface area contributed by atoms with Gasteiger partial charge in [0.15, 0.2) is 0 Å². The van der Waals surface area contributed by atoms with Gasteiger partial charge < -0.3 is 15.3 Å². The molecule has 5 heteroatoms. The van der Waals surface area contributed by atoms with Crippen molar-refractivity contribution >= 4 is 23.2 Å². The van der Waals surface area contributed by atoms with Crippen molar-refractivity contribution in [3.05, 3.63) is 28.8 Å². The molecule has 0 spiro atoms. The van der Waals surface area contributed by atoms with Crippen molar-refractivity contribution in [2.75, 3.05) is 26.0 Å². The molecule has 0 saturated carbocycles. The molecule has 100 valence electrons. The van der Waals surface area contributed by atoms with Gasteiger partial charge >= 0.3 is 0 Å².